The second-order valence-corrected chi connectivity index (χ2v) is 7.66. The summed E-state index contributed by atoms with van der Waals surface area (Å²) >= 11 is 1.60. The molecular formula is C23H27N3O2S. The van der Waals surface area contributed by atoms with Crippen molar-refractivity contribution >= 4 is 17.2 Å². The van der Waals surface area contributed by atoms with Crippen LogP contribution in [0.3, 0.4) is 0 Å². The van der Waals surface area contributed by atoms with Gasteiger partial charge < -0.3 is 14.6 Å². The van der Waals surface area contributed by atoms with Crippen molar-refractivity contribution in [1.82, 2.24) is 14.9 Å². The molecule has 0 fully saturated rings. The quantitative estimate of drug-likeness (QED) is 0.487. The van der Waals surface area contributed by atoms with Crippen LogP contribution in [0.15, 0.2) is 48.4 Å². The van der Waals surface area contributed by atoms with Gasteiger partial charge in [0.05, 0.1) is 24.1 Å². The lowest BCUT2D eigenvalue weighted by molar-refractivity contribution is 0.0957. The first-order valence-corrected chi connectivity index (χ1v) is 10.7. The van der Waals surface area contributed by atoms with E-state index < -0.39 is 0 Å². The van der Waals surface area contributed by atoms with Crippen LogP contribution >= 0.6 is 11.3 Å². The Morgan fingerprint density at radius 3 is 2.76 bits per heavy atom. The van der Waals surface area contributed by atoms with Crippen molar-refractivity contribution in [1.29, 1.82) is 0 Å². The van der Waals surface area contributed by atoms with E-state index in [0.717, 1.165) is 52.8 Å². The third kappa shape index (κ3) is 4.59. The van der Waals surface area contributed by atoms with Crippen molar-refractivity contribution in [2.45, 2.75) is 33.2 Å². The summed E-state index contributed by atoms with van der Waals surface area (Å²) in [7, 11) is 1.66. The number of ether oxygens (including phenoxy) is 1. The van der Waals surface area contributed by atoms with Gasteiger partial charge in [-0.2, -0.15) is 0 Å². The van der Waals surface area contributed by atoms with Gasteiger partial charge in [0.25, 0.3) is 5.91 Å². The number of hydrogen-bond acceptors (Lipinski definition) is 4. The average Bonchev–Trinajstić information content (AvgIpc) is 3.35. The second-order valence-electron chi connectivity index (χ2n) is 6.80. The first kappa shape index (κ1) is 20.9. The molecule has 0 aliphatic carbocycles. The Kier molecular flexibility index (Phi) is 6.88. The number of benzene rings is 1. The van der Waals surface area contributed by atoms with Crippen LogP contribution in [0.2, 0.25) is 0 Å². The van der Waals surface area contributed by atoms with Gasteiger partial charge in [-0.25, -0.2) is 4.98 Å². The first-order chi connectivity index (χ1) is 14.1. The molecule has 1 aromatic carbocycles. The fourth-order valence-corrected chi connectivity index (χ4v) is 4.03. The van der Waals surface area contributed by atoms with Gasteiger partial charge in [0, 0.05) is 29.7 Å². The van der Waals surface area contributed by atoms with E-state index in [1.54, 1.807) is 24.5 Å². The van der Waals surface area contributed by atoms with E-state index >= 15 is 0 Å². The van der Waals surface area contributed by atoms with Gasteiger partial charge in [-0.3, -0.25) is 4.79 Å². The Labute approximate surface area is 176 Å². The highest BCUT2D eigenvalue weighted by Gasteiger charge is 2.20. The standard InChI is InChI=1S/C23H27N3O2S/c1-5-7-13-26-16(3)19(22(27)24-12-6-2)14-21(26)20-15-29-23(25-20)17-8-10-18(28-4)11-9-17/h6,8-11,14-15H,2,5,7,12-13H2,1,3-4H3,(H,24,27). The number of nitrogens with zero attached hydrogens (tertiary/aromatic N) is 2. The molecule has 5 nitrogen and oxygen atoms in total. The summed E-state index contributed by atoms with van der Waals surface area (Å²) in [6, 6.07) is 9.85. The minimum atomic E-state index is -0.0792. The average molecular weight is 410 g/mol. The molecule has 1 amide bonds. The fraction of sp³-hybridized carbons (Fsp3) is 0.304. The number of nitrogens with one attached hydrogen (secondary N) is 1. The number of carbonyl (C=O) groups excluding carboxylic acids is 1. The van der Waals surface area contributed by atoms with Crippen LogP contribution < -0.4 is 10.1 Å². The minimum Gasteiger partial charge on any atom is -0.497 e. The molecule has 3 aromatic rings. The Morgan fingerprint density at radius 2 is 2.10 bits per heavy atom. The lowest BCUT2D eigenvalue weighted by Gasteiger charge is -2.10. The van der Waals surface area contributed by atoms with Gasteiger partial charge in [-0.1, -0.05) is 19.4 Å². The number of aromatic nitrogens is 2. The molecule has 29 heavy (non-hydrogen) atoms. The maximum atomic E-state index is 12.6. The van der Waals surface area contributed by atoms with Crippen molar-refractivity contribution in [2.75, 3.05) is 13.7 Å². The normalized spacial score (nSPS) is 10.7. The topological polar surface area (TPSA) is 56.1 Å². The number of carbonyl (C=O) groups is 1. The molecule has 2 heterocycles. The highest BCUT2D eigenvalue weighted by molar-refractivity contribution is 7.13. The first-order valence-electron chi connectivity index (χ1n) is 9.78. The molecule has 6 heteroatoms. The Hall–Kier alpha value is -2.86. The summed E-state index contributed by atoms with van der Waals surface area (Å²) in [6.07, 6.45) is 3.82. The molecular weight excluding hydrogens is 382 g/mol. The monoisotopic (exact) mass is 409 g/mol. The number of unbranched alkanes of at least 4 members (excludes halogenated alkanes) is 1. The van der Waals surface area contributed by atoms with Gasteiger partial charge in [-0.05, 0) is 43.7 Å². The van der Waals surface area contributed by atoms with Crippen LogP contribution in [-0.2, 0) is 6.54 Å². The van der Waals surface area contributed by atoms with Gasteiger partial charge in [0.1, 0.15) is 10.8 Å². The SMILES string of the molecule is C=CCNC(=O)c1cc(-c2csc(-c3ccc(OC)cc3)n2)n(CCCC)c1C. The summed E-state index contributed by atoms with van der Waals surface area (Å²) in [5, 5.41) is 5.88. The minimum absolute atomic E-state index is 0.0792. The molecule has 0 saturated heterocycles. The van der Waals surface area contributed by atoms with E-state index in [4.69, 9.17) is 9.72 Å². The molecule has 0 aliphatic heterocycles. The van der Waals surface area contributed by atoms with E-state index in [9.17, 15) is 4.79 Å². The second kappa shape index (κ2) is 9.56. The van der Waals surface area contributed by atoms with Crippen LogP contribution in [-0.4, -0.2) is 29.1 Å². The molecule has 0 unspecified atom stereocenters. The molecule has 0 radical (unpaired) electrons. The number of amides is 1. The number of rotatable bonds is 9. The molecule has 0 atom stereocenters. The van der Waals surface area contributed by atoms with Crippen molar-refractivity contribution < 1.29 is 9.53 Å². The van der Waals surface area contributed by atoms with Crippen LogP contribution in [0.25, 0.3) is 22.0 Å². The van der Waals surface area contributed by atoms with E-state index in [0.29, 0.717) is 12.1 Å². The van der Waals surface area contributed by atoms with Gasteiger partial charge in [-0.15, -0.1) is 17.9 Å². The van der Waals surface area contributed by atoms with Gasteiger partial charge in [0.2, 0.25) is 0 Å². The summed E-state index contributed by atoms with van der Waals surface area (Å²) in [4.78, 5) is 17.4. The summed E-state index contributed by atoms with van der Waals surface area (Å²) < 4.78 is 7.44. The van der Waals surface area contributed by atoms with Crippen molar-refractivity contribution in [3.63, 3.8) is 0 Å². The Bertz CT molecular complexity index is 986. The lowest BCUT2D eigenvalue weighted by Crippen LogP contribution is -2.23. The van der Waals surface area contributed by atoms with Crippen LogP contribution in [0.1, 0.15) is 35.8 Å². The molecule has 3 rings (SSSR count). The van der Waals surface area contributed by atoms with Crippen molar-refractivity contribution in [2.24, 2.45) is 0 Å². The van der Waals surface area contributed by atoms with E-state index in [1.165, 1.54) is 0 Å². The Balaban J connectivity index is 1.97. The van der Waals surface area contributed by atoms with Crippen LogP contribution in [0.4, 0.5) is 0 Å². The molecule has 0 saturated carbocycles. The van der Waals surface area contributed by atoms with E-state index in [1.807, 2.05) is 37.3 Å². The zero-order chi connectivity index (χ0) is 20.8. The number of thiazole rings is 1. The zero-order valence-corrected chi connectivity index (χ0v) is 18.0. The molecule has 0 bridgehead atoms. The summed E-state index contributed by atoms with van der Waals surface area (Å²) in [6.45, 7) is 9.15. The predicted octanol–water partition coefficient (Wildman–Crippen LogP) is 5.31. The maximum absolute atomic E-state index is 12.6. The van der Waals surface area contributed by atoms with Gasteiger partial charge in [0.15, 0.2) is 0 Å². The van der Waals surface area contributed by atoms with Crippen molar-refractivity contribution in [3.05, 3.63) is 59.6 Å². The maximum Gasteiger partial charge on any atom is 0.253 e. The zero-order valence-electron chi connectivity index (χ0n) is 17.2. The largest absolute Gasteiger partial charge is 0.497 e. The summed E-state index contributed by atoms with van der Waals surface area (Å²) in [5.74, 6) is 0.745. The Morgan fingerprint density at radius 1 is 1.34 bits per heavy atom. The highest BCUT2D eigenvalue weighted by atomic mass is 32.1. The van der Waals surface area contributed by atoms with Gasteiger partial charge >= 0.3 is 0 Å². The van der Waals surface area contributed by atoms with E-state index in [2.05, 4.69) is 28.8 Å². The number of hydrogen-bond donors (Lipinski definition) is 1. The van der Waals surface area contributed by atoms with Crippen molar-refractivity contribution in [3.8, 4) is 27.7 Å². The summed E-state index contributed by atoms with van der Waals surface area (Å²) in [5.41, 5.74) is 4.58. The molecule has 1 N–H and O–H groups in total. The third-order valence-electron chi connectivity index (χ3n) is 4.86. The molecule has 152 valence electrons. The lowest BCUT2D eigenvalue weighted by atomic mass is 10.2. The smallest absolute Gasteiger partial charge is 0.253 e. The molecule has 0 aliphatic rings. The molecule has 0 spiro atoms. The number of methoxy groups -OCH3 is 1. The fourth-order valence-electron chi connectivity index (χ4n) is 3.21. The van der Waals surface area contributed by atoms with Crippen LogP contribution in [0, 0.1) is 6.92 Å². The van der Waals surface area contributed by atoms with Crippen LogP contribution in [0.5, 0.6) is 5.75 Å². The highest BCUT2D eigenvalue weighted by Crippen LogP contribution is 2.32. The van der Waals surface area contributed by atoms with E-state index in [-0.39, 0.29) is 5.91 Å². The third-order valence-corrected chi connectivity index (χ3v) is 5.75. The molecule has 2 aromatic heterocycles. The predicted molar refractivity (Wildman–Crippen MR) is 120 cm³/mol.